The highest BCUT2D eigenvalue weighted by molar-refractivity contribution is 5.76. The smallest absolute Gasteiger partial charge is 0.248 e. The fourth-order valence-corrected chi connectivity index (χ4v) is 2.54. The number of rotatable bonds is 2. The molecule has 2 aromatic carbocycles. The molecule has 1 atom stereocenters. The van der Waals surface area contributed by atoms with Crippen LogP contribution in [0.2, 0.25) is 0 Å². The molecule has 6 heteroatoms. The van der Waals surface area contributed by atoms with Crippen LogP contribution >= 0.6 is 0 Å². The van der Waals surface area contributed by atoms with Gasteiger partial charge in [0.15, 0.2) is 0 Å². The first-order valence-corrected chi connectivity index (χ1v) is 6.89. The topological polar surface area (TPSA) is 55.6 Å². The highest BCUT2D eigenvalue weighted by Gasteiger charge is 2.24. The van der Waals surface area contributed by atoms with Gasteiger partial charge in [-0.05, 0) is 39.8 Å². The molecule has 0 saturated heterocycles. The molecule has 1 aliphatic heterocycles. The molecule has 1 aliphatic rings. The van der Waals surface area contributed by atoms with Gasteiger partial charge in [-0.3, -0.25) is 0 Å². The fourth-order valence-electron chi connectivity index (χ4n) is 2.54. The predicted octanol–water partition coefficient (Wildman–Crippen LogP) is 2.87. The fraction of sp³-hybridized carbons (Fsp3) is 0.0625. The lowest BCUT2D eigenvalue weighted by Crippen LogP contribution is -2.20. The van der Waals surface area contributed by atoms with Crippen molar-refractivity contribution in [3.63, 3.8) is 0 Å². The standard InChI is InChI=1S/C16H12FN5/c17-13-8-6-12(7-9-13)15-10-14(11-4-2-1-3-5-11)18-16-19-20-21-22(15)16/h1-10,15H,(H,18,19,21). The van der Waals surface area contributed by atoms with Crippen LogP contribution in [0.4, 0.5) is 10.3 Å². The summed E-state index contributed by atoms with van der Waals surface area (Å²) in [7, 11) is 0. The van der Waals surface area contributed by atoms with Crippen LogP contribution in [0.5, 0.6) is 0 Å². The van der Waals surface area contributed by atoms with Crippen LogP contribution in [0.3, 0.4) is 0 Å². The average molecular weight is 293 g/mol. The van der Waals surface area contributed by atoms with E-state index in [1.165, 1.54) is 12.1 Å². The van der Waals surface area contributed by atoms with Gasteiger partial charge < -0.3 is 5.32 Å². The van der Waals surface area contributed by atoms with Crippen LogP contribution in [0, 0.1) is 5.82 Å². The van der Waals surface area contributed by atoms with Crippen molar-refractivity contribution in [2.75, 3.05) is 5.32 Å². The molecule has 108 valence electrons. The zero-order valence-corrected chi connectivity index (χ0v) is 11.5. The van der Waals surface area contributed by atoms with E-state index in [4.69, 9.17) is 0 Å². The average Bonchev–Trinajstić information content (AvgIpc) is 3.04. The molecule has 0 saturated carbocycles. The van der Waals surface area contributed by atoms with Crippen LogP contribution in [-0.4, -0.2) is 20.2 Å². The van der Waals surface area contributed by atoms with Crippen molar-refractivity contribution in [1.29, 1.82) is 0 Å². The van der Waals surface area contributed by atoms with Crippen molar-refractivity contribution in [3.8, 4) is 0 Å². The monoisotopic (exact) mass is 293 g/mol. The SMILES string of the molecule is Fc1ccc(C2C=C(c3ccccc3)Nc3nnnn32)cc1. The lowest BCUT2D eigenvalue weighted by molar-refractivity contribution is 0.582. The molecule has 5 nitrogen and oxygen atoms in total. The summed E-state index contributed by atoms with van der Waals surface area (Å²) >= 11 is 0. The normalized spacial score (nSPS) is 16.6. The molecule has 0 aliphatic carbocycles. The van der Waals surface area contributed by atoms with Gasteiger partial charge in [0.05, 0.1) is 0 Å². The Hall–Kier alpha value is -3.02. The Morgan fingerprint density at radius 2 is 1.77 bits per heavy atom. The number of anilines is 1. The molecule has 4 rings (SSSR count). The summed E-state index contributed by atoms with van der Waals surface area (Å²) in [6.07, 6.45) is 2.03. The van der Waals surface area contributed by atoms with Crippen LogP contribution in [0.15, 0.2) is 60.7 Å². The number of nitrogens with one attached hydrogen (secondary N) is 1. The van der Waals surface area contributed by atoms with Crippen molar-refractivity contribution >= 4 is 11.6 Å². The summed E-state index contributed by atoms with van der Waals surface area (Å²) in [4.78, 5) is 0. The number of aromatic nitrogens is 4. The molecule has 0 bridgehead atoms. The van der Waals surface area contributed by atoms with Gasteiger partial charge in [-0.15, -0.1) is 0 Å². The maximum atomic E-state index is 13.2. The third-order valence-electron chi connectivity index (χ3n) is 3.62. The van der Waals surface area contributed by atoms with E-state index in [9.17, 15) is 4.39 Å². The summed E-state index contributed by atoms with van der Waals surface area (Å²) in [6, 6.07) is 16.1. The summed E-state index contributed by atoms with van der Waals surface area (Å²) in [5.41, 5.74) is 2.89. The lowest BCUT2D eigenvalue weighted by atomic mass is 10.0. The minimum absolute atomic E-state index is 0.179. The van der Waals surface area contributed by atoms with Crippen LogP contribution in [0.1, 0.15) is 17.2 Å². The van der Waals surface area contributed by atoms with E-state index in [2.05, 4.69) is 20.8 Å². The van der Waals surface area contributed by atoms with Gasteiger partial charge in [0, 0.05) is 5.70 Å². The maximum Gasteiger partial charge on any atom is 0.248 e. The zero-order chi connectivity index (χ0) is 14.9. The molecule has 1 unspecified atom stereocenters. The molecule has 0 fully saturated rings. The number of hydrogen-bond acceptors (Lipinski definition) is 4. The molecule has 1 N–H and O–H groups in total. The Morgan fingerprint density at radius 3 is 2.55 bits per heavy atom. The van der Waals surface area contributed by atoms with Gasteiger partial charge in [0.2, 0.25) is 5.95 Å². The first kappa shape index (κ1) is 12.7. The van der Waals surface area contributed by atoms with E-state index in [0.29, 0.717) is 5.95 Å². The second-order valence-electron chi connectivity index (χ2n) is 5.01. The first-order valence-electron chi connectivity index (χ1n) is 6.89. The predicted molar refractivity (Wildman–Crippen MR) is 80.4 cm³/mol. The Labute approximate surface area is 126 Å². The third-order valence-corrected chi connectivity index (χ3v) is 3.62. The van der Waals surface area contributed by atoms with Gasteiger partial charge in [0.25, 0.3) is 0 Å². The van der Waals surface area contributed by atoms with Crippen molar-refractivity contribution in [2.24, 2.45) is 0 Å². The molecule has 0 amide bonds. The van der Waals surface area contributed by atoms with E-state index < -0.39 is 0 Å². The quantitative estimate of drug-likeness (QED) is 0.789. The van der Waals surface area contributed by atoms with E-state index >= 15 is 0 Å². The van der Waals surface area contributed by atoms with E-state index in [0.717, 1.165) is 16.8 Å². The Kier molecular flexibility index (Phi) is 2.93. The first-order chi connectivity index (χ1) is 10.8. The second kappa shape index (κ2) is 5.07. The molecule has 0 spiro atoms. The Balaban J connectivity index is 1.81. The molecule has 0 radical (unpaired) electrons. The highest BCUT2D eigenvalue weighted by atomic mass is 19.1. The molecular weight excluding hydrogens is 281 g/mol. The molecule has 22 heavy (non-hydrogen) atoms. The third kappa shape index (κ3) is 2.14. The second-order valence-corrected chi connectivity index (χ2v) is 5.01. The summed E-state index contributed by atoms with van der Waals surface area (Å²) in [5, 5.41) is 15.0. The van der Waals surface area contributed by atoms with Crippen LogP contribution < -0.4 is 5.32 Å². The van der Waals surface area contributed by atoms with E-state index in [1.54, 1.807) is 16.8 Å². The minimum atomic E-state index is -0.262. The number of hydrogen-bond donors (Lipinski definition) is 1. The summed E-state index contributed by atoms with van der Waals surface area (Å²) < 4.78 is 14.8. The van der Waals surface area contributed by atoms with Crippen molar-refractivity contribution < 1.29 is 4.39 Å². The van der Waals surface area contributed by atoms with Crippen molar-refractivity contribution in [2.45, 2.75) is 6.04 Å². The van der Waals surface area contributed by atoms with Crippen LogP contribution in [-0.2, 0) is 0 Å². The van der Waals surface area contributed by atoms with Crippen molar-refractivity contribution in [1.82, 2.24) is 20.2 Å². The van der Waals surface area contributed by atoms with Crippen LogP contribution in [0.25, 0.3) is 5.70 Å². The number of tetrazole rings is 1. The highest BCUT2D eigenvalue weighted by Crippen LogP contribution is 2.31. The zero-order valence-electron chi connectivity index (χ0n) is 11.5. The number of benzene rings is 2. The molecule has 3 aromatic rings. The molecule has 2 heterocycles. The molecular formula is C16H12FN5. The summed E-state index contributed by atoms with van der Waals surface area (Å²) in [5.74, 6) is 0.303. The largest absolute Gasteiger partial charge is 0.323 e. The summed E-state index contributed by atoms with van der Waals surface area (Å²) in [6.45, 7) is 0. The number of allylic oxidation sites excluding steroid dienone is 1. The Bertz CT molecular complexity index is 823. The minimum Gasteiger partial charge on any atom is -0.323 e. The Morgan fingerprint density at radius 1 is 1.00 bits per heavy atom. The lowest BCUT2D eigenvalue weighted by Gasteiger charge is -2.23. The van der Waals surface area contributed by atoms with Gasteiger partial charge in [-0.2, -0.15) is 4.68 Å². The number of halogens is 1. The van der Waals surface area contributed by atoms with E-state index in [-0.39, 0.29) is 11.9 Å². The van der Waals surface area contributed by atoms with Crippen molar-refractivity contribution in [3.05, 3.63) is 77.6 Å². The molecule has 1 aromatic heterocycles. The van der Waals surface area contributed by atoms with Gasteiger partial charge >= 0.3 is 0 Å². The maximum absolute atomic E-state index is 13.2. The van der Waals surface area contributed by atoms with Gasteiger partial charge in [-0.25, -0.2) is 4.39 Å². The van der Waals surface area contributed by atoms with Gasteiger partial charge in [-0.1, -0.05) is 47.6 Å². The number of fused-ring (bicyclic) bond motifs is 1. The number of nitrogens with zero attached hydrogens (tertiary/aromatic N) is 4. The van der Waals surface area contributed by atoms with Gasteiger partial charge in [0.1, 0.15) is 11.9 Å². The van der Waals surface area contributed by atoms with E-state index in [1.807, 2.05) is 36.4 Å².